The van der Waals surface area contributed by atoms with E-state index < -0.39 is 0 Å². The molecule has 3 aromatic heterocycles. The maximum atomic E-state index is 13.0. The normalized spacial score (nSPS) is 18.5. The average molecular weight is 309 g/mol. The summed E-state index contributed by atoms with van der Waals surface area (Å²) in [5.41, 5.74) is 2.79. The second kappa shape index (κ2) is 5.53. The standard InChI is InChI=1S/C17H19N5O/c1-20-15(7-8-19-20)16-4-2-3-9-22(16)17(23)13-5-6-14-10-18-12-21(14)11-13/h5-8,10-12,16H,2-4,9H2,1H3. The van der Waals surface area contributed by atoms with Gasteiger partial charge in [0.15, 0.2) is 0 Å². The van der Waals surface area contributed by atoms with Gasteiger partial charge in [-0.25, -0.2) is 4.98 Å². The van der Waals surface area contributed by atoms with Crippen molar-refractivity contribution in [1.82, 2.24) is 24.1 Å². The Bertz CT molecular complexity index is 849. The van der Waals surface area contributed by atoms with Crippen LogP contribution in [0.1, 0.15) is 41.4 Å². The Balaban J connectivity index is 1.68. The first-order chi connectivity index (χ1) is 11.2. The molecule has 1 unspecified atom stereocenters. The lowest BCUT2D eigenvalue weighted by molar-refractivity contribution is 0.0600. The molecule has 4 rings (SSSR count). The lowest BCUT2D eigenvalue weighted by Crippen LogP contribution is -2.39. The van der Waals surface area contributed by atoms with Gasteiger partial charge in [-0.3, -0.25) is 9.48 Å². The van der Waals surface area contributed by atoms with Gasteiger partial charge in [0, 0.05) is 26.0 Å². The van der Waals surface area contributed by atoms with Crippen LogP contribution in [-0.4, -0.2) is 36.5 Å². The molecule has 3 aromatic rings. The van der Waals surface area contributed by atoms with Gasteiger partial charge in [-0.1, -0.05) is 0 Å². The fourth-order valence-electron chi connectivity index (χ4n) is 3.41. The van der Waals surface area contributed by atoms with E-state index in [1.807, 2.05) is 45.4 Å². The molecule has 1 aliphatic heterocycles. The molecule has 4 heterocycles. The van der Waals surface area contributed by atoms with E-state index in [9.17, 15) is 4.79 Å². The van der Waals surface area contributed by atoms with E-state index in [4.69, 9.17) is 0 Å². The number of pyridine rings is 1. The smallest absolute Gasteiger partial charge is 0.255 e. The van der Waals surface area contributed by atoms with Crippen LogP contribution in [0.25, 0.3) is 5.52 Å². The third-order valence-electron chi connectivity index (χ3n) is 4.62. The van der Waals surface area contributed by atoms with Gasteiger partial charge in [-0.2, -0.15) is 5.10 Å². The van der Waals surface area contributed by atoms with Gasteiger partial charge in [0.2, 0.25) is 0 Å². The largest absolute Gasteiger partial charge is 0.330 e. The monoisotopic (exact) mass is 309 g/mol. The quantitative estimate of drug-likeness (QED) is 0.730. The van der Waals surface area contributed by atoms with Crippen molar-refractivity contribution >= 4 is 11.4 Å². The van der Waals surface area contributed by atoms with E-state index in [-0.39, 0.29) is 11.9 Å². The van der Waals surface area contributed by atoms with Crippen molar-refractivity contribution in [2.24, 2.45) is 7.05 Å². The number of carbonyl (C=O) groups excluding carboxylic acids is 1. The minimum atomic E-state index is 0.0755. The number of rotatable bonds is 2. The van der Waals surface area contributed by atoms with Crippen molar-refractivity contribution in [3.05, 3.63) is 54.4 Å². The molecule has 0 saturated carbocycles. The molecule has 0 N–H and O–H groups in total. The first kappa shape index (κ1) is 14.0. The number of aryl methyl sites for hydroxylation is 1. The number of piperidine rings is 1. The summed E-state index contributed by atoms with van der Waals surface area (Å²) in [5, 5.41) is 4.26. The van der Waals surface area contributed by atoms with Crippen molar-refractivity contribution in [2.45, 2.75) is 25.3 Å². The lowest BCUT2D eigenvalue weighted by atomic mass is 9.98. The van der Waals surface area contributed by atoms with E-state index in [1.54, 1.807) is 18.7 Å². The molecular formula is C17H19N5O. The molecule has 0 bridgehead atoms. The Morgan fingerprint density at radius 3 is 3.00 bits per heavy atom. The fraction of sp³-hybridized carbons (Fsp3) is 0.353. The molecule has 0 spiro atoms. The van der Waals surface area contributed by atoms with Gasteiger partial charge < -0.3 is 9.30 Å². The topological polar surface area (TPSA) is 55.4 Å². The van der Waals surface area contributed by atoms with Gasteiger partial charge in [0.25, 0.3) is 5.91 Å². The van der Waals surface area contributed by atoms with Crippen molar-refractivity contribution in [3.63, 3.8) is 0 Å². The molecule has 0 radical (unpaired) electrons. The first-order valence-electron chi connectivity index (χ1n) is 7.94. The van der Waals surface area contributed by atoms with E-state index >= 15 is 0 Å². The number of imidazole rings is 1. The Hall–Kier alpha value is -2.63. The number of amides is 1. The Morgan fingerprint density at radius 2 is 2.17 bits per heavy atom. The third-order valence-corrected chi connectivity index (χ3v) is 4.62. The zero-order valence-electron chi connectivity index (χ0n) is 13.1. The number of nitrogens with zero attached hydrogens (tertiary/aromatic N) is 5. The molecule has 6 heteroatoms. The first-order valence-corrected chi connectivity index (χ1v) is 7.94. The van der Waals surface area contributed by atoms with Crippen LogP contribution in [0.2, 0.25) is 0 Å². The minimum absolute atomic E-state index is 0.0755. The maximum absolute atomic E-state index is 13.0. The summed E-state index contributed by atoms with van der Waals surface area (Å²) >= 11 is 0. The van der Waals surface area contributed by atoms with E-state index in [2.05, 4.69) is 10.1 Å². The number of hydrogen-bond donors (Lipinski definition) is 0. The highest BCUT2D eigenvalue weighted by molar-refractivity contribution is 5.94. The zero-order chi connectivity index (χ0) is 15.8. The minimum Gasteiger partial charge on any atom is -0.330 e. The highest BCUT2D eigenvalue weighted by Gasteiger charge is 2.30. The van der Waals surface area contributed by atoms with Crippen molar-refractivity contribution in [3.8, 4) is 0 Å². The Labute approximate surface area is 134 Å². The van der Waals surface area contributed by atoms with Crippen molar-refractivity contribution in [1.29, 1.82) is 0 Å². The summed E-state index contributed by atoms with van der Waals surface area (Å²) < 4.78 is 3.76. The molecule has 23 heavy (non-hydrogen) atoms. The van der Waals surface area contributed by atoms with Gasteiger partial charge in [0.05, 0.1) is 35.3 Å². The summed E-state index contributed by atoms with van der Waals surface area (Å²) in [5.74, 6) is 0.0755. The predicted molar refractivity (Wildman–Crippen MR) is 86.0 cm³/mol. The number of fused-ring (bicyclic) bond motifs is 1. The predicted octanol–water partition coefficient (Wildman–Crippen LogP) is 2.44. The molecule has 1 fully saturated rings. The highest BCUT2D eigenvalue weighted by atomic mass is 16.2. The second-order valence-corrected chi connectivity index (χ2v) is 6.03. The lowest BCUT2D eigenvalue weighted by Gasteiger charge is -2.35. The van der Waals surface area contributed by atoms with Crippen LogP contribution in [0.3, 0.4) is 0 Å². The number of hydrogen-bond acceptors (Lipinski definition) is 3. The molecular weight excluding hydrogens is 290 g/mol. The summed E-state index contributed by atoms with van der Waals surface area (Å²) in [6, 6.07) is 5.93. The SMILES string of the molecule is Cn1nccc1C1CCCCN1C(=O)c1ccc2cncn2c1. The third kappa shape index (κ3) is 2.40. The van der Waals surface area contributed by atoms with E-state index in [1.165, 1.54) is 0 Å². The van der Waals surface area contributed by atoms with Crippen molar-refractivity contribution in [2.75, 3.05) is 6.54 Å². The van der Waals surface area contributed by atoms with Gasteiger partial charge in [-0.15, -0.1) is 0 Å². The molecule has 118 valence electrons. The van der Waals surface area contributed by atoms with E-state index in [0.717, 1.165) is 37.0 Å². The fourth-order valence-corrected chi connectivity index (χ4v) is 3.41. The summed E-state index contributed by atoms with van der Waals surface area (Å²) in [6.45, 7) is 0.788. The summed E-state index contributed by atoms with van der Waals surface area (Å²) in [6.07, 6.45) is 10.3. The molecule has 0 aromatic carbocycles. The zero-order valence-corrected chi connectivity index (χ0v) is 13.1. The number of carbonyl (C=O) groups is 1. The van der Waals surface area contributed by atoms with Gasteiger partial charge >= 0.3 is 0 Å². The molecule has 1 amide bonds. The second-order valence-electron chi connectivity index (χ2n) is 6.03. The van der Waals surface area contributed by atoms with Crippen LogP contribution in [0.15, 0.2) is 43.1 Å². The molecule has 1 aliphatic rings. The van der Waals surface area contributed by atoms with Crippen LogP contribution < -0.4 is 0 Å². The van der Waals surface area contributed by atoms with Crippen LogP contribution in [0.4, 0.5) is 0 Å². The average Bonchev–Trinajstić information content (AvgIpc) is 3.22. The van der Waals surface area contributed by atoms with Crippen LogP contribution in [0, 0.1) is 0 Å². The number of aromatic nitrogens is 4. The number of likely N-dealkylation sites (tertiary alicyclic amines) is 1. The molecule has 1 saturated heterocycles. The van der Waals surface area contributed by atoms with Crippen LogP contribution in [-0.2, 0) is 7.05 Å². The van der Waals surface area contributed by atoms with Crippen LogP contribution in [0.5, 0.6) is 0 Å². The molecule has 6 nitrogen and oxygen atoms in total. The summed E-state index contributed by atoms with van der Waals surface area (Å²) in [4.78, 5) is 19.1. The Morgan fingerprint density at radius 1 is 1.26 bits per heavy atom. The maximum Gasteiger partial charge on any atom is 0.255 e. The molecule has 1 atom stereocenters. The summed E-state index contributed by atoms with van der Waals surface area (Å²) in [7, 11) is 1.93. The molecule has 0 aliphatic carbocycles. The van der Waals surface area contributed by atoms with Crippen LogP contribution >= 0.6 is 0 Å². The van der Waals surface area contributed by atoms with Gasteiger partial charge in [0.1, 0.15) is 0 Å². The Kier molecular flexibility index (Phi) is 3.37. The van der Waals surface area contributed by atoms with Gasteiger partial charge in [-0.05, 0) is 37.5 Å². The highest BCUT2D eigenvalue weighted by Crippen LogP contribution is 2.31. The van der Waals surface area contributed by atoms with E-state index in [0.29, 0.717) is 5.56 Å². The van der Waals surface area contributed by atoms with Crippen molar-refractivity contribution < 1.29 is 4.79 Å².